The molecule has 29 heavy (non-hydrogen) atoms. The lowest BCUT2D eigenvalue weighted by molar-refractivity contribution is -0.120. The molecular weight excluding hydrogens is 372 g/mol. The quantitative estimate of drug-likeness (QED) is 0.749. The van der Waals surface area contributed by atoms with Crippen molar-refractivity contribution >= 4 is 11.8 Å². The summed E-state index contributed by atoms with van der Waals surface area (Å²) in [5.74, 6) is 1.25. The monoisotopic (exact) mass is 398 g/mol. The SMILES string of the molecule is CCOc1ccccc1C(=O)NCC(=O)NC(C)c1ccc2c(c1)OCCCO2. The van der Waals surface area contributed by atoms with Gasteiger partial charge in [-0.05, 0) is 43.7 Å². The number of nitrogens with one attached hydrogen (secondary N) is 2. The lowest BCUT2D eigenvalue weighted by Crippen LogP contribution is -2.38. The summed E-state index contributed by atoms with van der Waals surface area (Å²) in [6, 6.07) is 12.3. The van der Waals surface area contributed by atoms with E-state index in [1.54, 1.807) is 24.3 Å². The highest BCUT2D eigenvalue weighted by Gasteiger charge is 2.17. The molecule has 1 atom stereocenters. The van der Waals surface area contributed by atoms with Gasteiger partial charge >= 0.3 is 0 Å². The minimum atomic E-state index is -0.354. The second kappa shape index (κ2) is 9.82. The van der Waals surface area contributed by atoms with Gasteiger partial charge in [-0.2, -0.15) is 0 Å². The number of rotatable bonds is 7. The average Bonchev–Trinajstić information content (AvgIpc) is 2.97. The number of ether oxygens (including phenoxy) is 3. The molecule has 0 bridgehead atoms. The first-order valence-corrected chi connectivity index (χ1v) is 9.77. The zero-order valence-corrected chi connectivity index (χ0v) is 16.7. The van der Waals surface area contributed by atoms with Crippen LogP contribution in [0.25, 0.3) is 0 Å². The number of para-hydroxylation sites is 1. The van der Waals surface area contributed by atoms with Crippen molar-refractivity contribution in [1.29, 1.82) is 0 Å². The topological polar surface area (TPSA) is 85.9 Å². The third kappa shape index (κ3) is 5.40. The molecule has 0 saturated heterocycles. The Morgan fingerprint density at radius 3 is 2.66 bits per heavy atom. The molecule has 0 aliphatic carbocycles. The standard InChI is InChI=1S/C22H26N2O5/c1-3-27-18-8-5-4-7-17(18)22(26)23-14-21(25)24-15(2)16-9-10-19-20(13-16)29-12-6-11-28-19/h4-5,7-10,13,15H,3,6,11-12,14H2,1-2H3,(H,23,26)(H,24,25). The Morgan fingerprint density at radius 2 is 1.86 bits per heavy atom. The molecule has 1 heterocycles. The van der Waals surface area contributed by atoms with Crippen molar-refractivity contribution in [3.05, 3.63) is 53.6 Å². The lowest BCUT2D eigenvalue weighted by atomic mass is 10.1. The van der Waals surface area contributed by atoms with E-state index in [4.69, 9.17) is 14.2 Å². The first-order chi connectivity index (χ1) is 14.1. The van der Waals surface area contributed by atoms with Gasteiger partial charge in [0.05, 0.1) is 38.0 Å². The summed E-state index contributed by atoms with van der Waals surface area (Å²) in [5.41, 5.74) is 1.30. The lowest BCUT2D eigenvalue weighted by Gasteiger charge is -2.17. The summed E-state index contributed by atoms with van der Waals surface area (Å²) in [5, 5.41) is 5.52. The van der Waals surface area contributed by atoms with Gasteiger partial charge < -0.3 is 24.8 Å². The van der Waals surface area contributed by atoms with Crippen LogP contribution in [0.15, 0.2) is 42.5 Å². The number of hydrogen-bond acceptors (Lipinski definition) is 5. The van der Waals surface area contributed by atoms with Gasteiger partial charge in [0.15, 0.2) is 11.5 Å². The van der Waals surface area contributed by atoms with Crippen LogP contribution in [0.5, 0.6) is 17.2 Å². The van der Waals surface area contributed by atoms with Crippen molar-refractivity contribution in [3.63, 3.8) is 0 Å². The minimum Gasteiger partial charge on any atom is -0.493 e. The molecule has 2 aromatic rings. The van der Waals surface area contributed by atoms with Gasteiger partial charge in [0.1, 0.15) is 5.75 Å². The van der Waals surface area contributed by atoms with E-state index in [1.165, 1.54) is 0 Å². The van der Waals surface area contributed by atoms with Gasteiger partial charge in [-0.15, -0.1) is 0 Å². The Kier molecular flexibility index (Phi) is 6.94. The maximum absolute atomic E-state index is 12.4. The Morgan fingerprint density at radius 1 is 1.10 bits per heavy atom. The molecule has 0 saturated carbocycles. The maximum atomic E-state index is 12.4. The highest BCUT2D eigenvalue weighted by molar-refractivity contribution is 5.98. The van der Waals surface area contributed by atoms with Crippen LogP contribution in [-0.4, -0.2) is 38.2 Å². The molecule has 0 aromatic heterocycles. The molecule has 2 amide bonds. The van der Waals surface area contributed by atoms with Crippen LogP contribution >= 0.6 is 0 Å². The van der Waals surface area contributed by atoms with Crippen LogP contribution in [0, 0.1) is 0 Å². The number of carbonyl (C=O) groups excluding carboxylic acids is 2. The smallest absolute Gasteiger partial charge is 0.255 e. The van der Waals surface area contributed by atoms with Crippen molar-refractivity contribution in [2.24, 2.45) is 0 Å². The van der Waals surface area contributed by atoms with E-state index in [0.29, 0.717) is 42.6 Å². The van der Waals surface area contributed by atoms with Crippen molar-refractivity contribution in [2.75, 3.05) is 26.4 Å². The summed E-state index contributed by atoms with van der Waals surface area (Å²) in [6.07, 6.45) is 0.836. The van der Waals surface area contributed by atoms with Crippen LogP contribution in [0.1, 0.15) is 42.2 Å². The van der Waals surface area contributed by atoms with E-state index in [0.717, 1.165) is 12.0 Å². The zero-order valence-electron chi connectivity index (χ0n) is 16.7. The van der Waals surface area contributed by atoms with Crippen molar-refractivity contribution in [3.8, 4) is 17.2 Å². The second-order valence-electron chi connectivity index (χ2n) is 6.66. The minimum absolute atomic E-state index is 0.131. The first kappa shape index (κ1) is 20.5. The zero-order chi connectivity index (χ0) is 20.6. The summed E-state index contributed by atoms with van der Waals surface area (Å²) in [4.78, 5) is 24.7. The Labute approximate surface area is 170 Å². The fourth-order valence-electron chi connectivity index (χ4n) is 3.02. The third-order valence-electron chi connectivity index (χ3n) is 4.49. The van der Waals surface area contributed by atoms with Crippen molar-refractivity contribution in [2.45, 2.75) is 26.3 Å². The molecule has 1 aliphatic rings. The molecule has 0 radical (unpaired) electrons. The summed E-state index contributed by atoms with van der Waals surface area (Å²) < 4.78 is 16.8. The average molecular weight is 398 g/mol. The molecule has 7 nitrogen and oxygen atoms in total. The molecule has 1 unspecified atom stereocenters. The summed E-state index contributed by atoms with van der Waals surface area (Å²) >= 11 is 0. The Hall–Kier alpha value is -3.22. The van der Waals surface area contributed by atoms with E-state index in [2.05, 4.69) is 10.6 Å². The van der Waals surface area contributed by atoms with Crippen LogP contribution in [-0.2, 0) is 4.79 Å². The Bertz CT molecular complexity index is 868. The molecule has 154 valence electrons. The number of hydrogen-bond donors (Lipinski definition) is 2. The molecule has 0 spiro atoms. The van der Waals surface area contributed by atoms with Crippen molar-refractivity contribution < 1.29 is 23.8 Å². The van der Waals surface area contributed by atoms with E-state index in [-0.39, 0.29) is 24.4 Å². The van der Waals surface area contributed by atoms with Gasteiger partial charge in [0, 0.05) is 6.42 Å². The highest BCUT2D eigenvalue weighted by Crippen LogP contribution is 2.32. The highest BCUT2D eigenvalue weighted by atomic mass is 16.5. The molecule has 2 N–H and O–H groups in total. The number of carbonyl (C=O) groups is 2. The molecule has 2 aromatic carbocycles. The molecule has 0 fully saturated rings. The largest absolute Gasteiger partial charge is 0.493 e. The maximum Gasteiger partial charge on any atom is 0.255 e. The van der Waals surface area contributed by atoms with Crippen LogP contribution < -0.4 is 24.8 Å². The summed E-state index contributed by atoms with van der Waals surface area (Å²) in [7, 11) is 0. The predicted octanol–water partition coefficient (Wildman–Crippen LogP) is 2.85. The number of benzene rings is 2. The fourth-order valence-corrected chi connectivity index (χ4v) is 3.02. The van der Waals surface area contributed by atoms with Crippen molar-refractivity contribution in [1.82, 2.24) is 10.6 Å². The predicted molar refractivity (Wildman–Crippen MR) is 109 cm³/mol. The van der Waals surface area contributed by atoms with Gasteiger partial charge in [-0.25, -0.2) is 0 Å². The normalized spacial score (nSPS) is 13.7. The van der Waals surface area contributed by atoms with Gasteiger partial charge in [-0.1, -0.05) is 18.2 Å². The number of fused-ring (bicyclic) bond motifs is 1. The van der Waals surface area contributed by atoms with Gasteiger partial charge in [0.2, 0.25) is 5.91 Å². The summed E-state index contributed by atoms with van der Waals surface area (Å²) in [6.45, 7) is 5.29. The number of amides is 2. The second-order valence-corrected chi connectivity index (χ2v) is 6.66. The van der Waals surface area contributed by atoms with E-state index < -0.39 is 0 Å². The van der Waals surface area contributed by atoms with Gasteiger partial charge in [0.25, 0.3) is 5.91 Å². The fraction of sp³-hybridized carbons (Fsp3) is 0.364. The van der Waals surface area contributed by atoms with Crippen LogP contribution in [0.2, 0.25) is 0 Å². The molecule has 3 rings (SSSR count). The molecular formula is C22H26N2O5. The van der Waals surface area contributed by atoms with E-state index >= 15 is 0 Å². The Balaban J connectivity index is 1.55. The third-order valence-corrected chi connectivity index (χ3v) is 4.49. The van der Waals surface area contributed by atoms with Crippen LogP contribution in [0.4, 0.5) is 0 Å². The molecule has 7 heteroatoms. The van der Waals surface area contributed by atoms with E-state index in [9.17, 15) is 9.59 Å². The van der Waals surface area contributed by atoms with E-state index in [1.807, 2.05) is 32.0 Å². The first-order valence-electron chi connectivity index (χ1n) is 9.77. The van der Waals surface area contributed by atoms with Crippen LogP contribution in [0.3, 0.4) is 0 Å². The van der Waals surface area contributed by atoms with Gasteiger partial charge in [-0.3, -0.25) is 9.59 Å². The molecule has 1 aliphatic heterocycles.